The average molecular weight is 237 g/mol. The number of nitrogens with two attached hydrogens (primary N) is 1. The summed E-state index contributed by atoms with van der Waals surface area (Å²) in [4.78, 5) is 22.2. The second-order valence-corrected chi connectivity index (χ2v) is 4.69. The number of primary amides is 1. The van der Waals surface area contributed by atoms with E-state index in [1.165, 1.54) is 6.07 Å². The quantitative estimate of drug-likeness (QED) is 0.736. The molecule has 0 bridgehead atoms. The molecule has 0 aliphatic carbocycles. The molecule has 1 aromatic heterocycles. The van der Waals surface area contributed by atoms with Crippen LogP contribution in [-0.2, 0) is 11.3 Å². The summed E-state index contributed by atoms with van der Waals surface area (Å²) in [6.07, 6.45) is 2.02. The third-order valence-corrected chi connectivity index (χ3v) is 2.47. The lowest BCUT2D eigenvalue weighted by Gasteiger charge is -2.24. The fraction of sp³-hybridized carbons (Fsp3) is 0.500. The molecule has 0 aliphatic heterocycles. The summed E-state index contributed by atoms with van der Waals surface area (Å²) in [5.74, 6) is -0.334. The largest absolute Gasteiger partial charge is 0.370 e. The maximum atomic E-state index is 11.4. The Hall–Kier alpha value is -1.62. The van der Waals surface area contributed by atoms with Crippen LogP contribution in [0.5, 0.6) is 0 Å². The van der Waals surface area contributed by atoms with E-state index in [4.69, 9.17) is 5.73 Å². The Labute approximate surface area is 101 Å². The second-order valence-electron chi connectivity index (χ2n) is 4.69. The third kappa shape index (κ3) is 4.82. The molecule has 1 aromatic rings. The highest BCUT2D eigenvalue weighted by molar-refractivity contribution is 5.74. The highest BCUT2D eigenvalue weighted by Gasteiger charge is 2.19. The molecule has 0 saturated heterocycles. The van der Waals surface area contributed by atoms with Gasteiger partial charge >= 0.3 is 0 Å². The fourth-order valence-corrected chi connectivity index (χ4v) is 1.66. The summed E-state index contributed by atoms with van der Waals surface area (Å²) in [5.41, 5.74) is 4.78. The minimum atomic E-state index is -0.343. The molecule has 0 spiro atoms. The predicted octanol–water partition coefficient (Wildman–Crippen LogP) is 0.0919. The molecule has 5 heteroatoms. The second kappa shape index (κ2) is 5.63. The molecule has 1 rings (SSSR count). The Morgan fingerprint density at radius 1 is 1.47 bits per heavy atom. The molecule has 3 N–H and O–H groups in total. The first kappa shape index (κ1) is 13.4. The van der Waals surface area contributed by atoms with Crippen molar-refractivity contribution in [1.29, 1.82) is 0 Å². The molecule has 17 heavy (non-hydrogen) atoms. The highest BCUT2D eigenvalue weighted by Crippen LogP contribution is 2.06. The Morgan fingerprint density at radius 2 is 2.18 bits per heavy atom. The Bertz CT molecular complexity index is 437. The summed E-state index contributed by atoms with van der Waals surface area (Å²) < 4.78 is 1.62. The van der Waals surface area contributed by atoms with Crippen LogP contribution in [0.1, 0.15) is 20.3 Å². The molecule has 0 aromatic carbocycles. The Kier molecular flexibility index (Phi) is 4.45. The fourth-order valence-electron chi connectivity index (χ4n) is 1.66. The van der Waals surface area contributed by atoms with Crippen LogP contribution in [0.3, 0.4) is 0 Å². The van der Waals surface area contributed by atoms with Gasteiger partial charge in [-0.1, -0.05) is 6.07 Å². The molecule has 0 unspecified atom stereocenters. The monoisotopic (exact) mass is 237 g/mol. The number of nitrogens with zero attached hydrogens (tertiary/aromatic N) is 1. The Balaban J connectivity index is 2.45. The van der Waals surface area contributed by atoms with Crippen molar-refractivity contribution < 1.29 is 4.79 Å². The van der Waals surface area contributed by atoms with Crippen molar-refractivity contribution in [3.05, 3.63) is 34.7 Å². The van der Waals surface area contributed by atoms with Gasteiger partial charge in [-0.2, -0.15) is 0 Å². The number of rotatable bonds is 6. The van der Waals surface area contributed by atoms with E-state index in [-0.39, 0.29) is 23.4 Å². The first-order chi connectivity index (χ1) is 7.91. The van der Waals surface area contributed by atoms with E-state index in [9.17, 15) is 9.59 Å². The van der Waals surface area contributed by atoms with Gasteiger partial charge < -0.3 is 15.6 Å². The summed E-state index contributed by atoms with van der Waals surface area (Å²) in [7, 11) is 0. The maximum absolute atomic E-state index is 11.4. The van der Waals surface area contributed by atoms with Crippen LogP contribution in [0.4, 0.5) is 0 Å². The molecule has 5 nitrogen and oxygen atoms in total. The van der Waals surface area contributed by atoms with Crippen LogP contribution in [-0.4, -0.2) is 22.6 Å². The molecule has 1 amide bonds. The molecule has 0 saturated carbocycles. The van der Waals surface area contributed by atoms with Gasteiger partial charge in [-0.3, -0.25) is 9.59 Å². The van der Waals surface area contributed by atoms with Crippen LogP contribution < -0.4 is 16.6 Å². The molecule has 1 heterocycles. The summed E-state index contributed by atoms with van der Waals surface area (Å²) in [6, 6.07) is 5.05. The summed E-state index contributed by atoms with van der Waals surface area (Å²) in [6.45, 7) is 5.00. The van der Waals surface area contributed by atoms with Crippen molar-refractivity contribution in [2.24, 2.45) is 5.73 Å². The molecule has 0 aliphatic rings. The van der Waals surface area contributed by atoms with E-state index in [0.29, 0.717) is 13.1 Å². The number of hydrogen-bond donors (Lipinski definition) is 2. The smallest absolute Gasteiger partial charge is 0.250 e. The van der Waals surface area contributed by atoms with E-state index in [1.807, 2.05) is 19.9 Å². The van der Waals surface area contributed by atoms with Gasteiger partial charge in [-0.15, -0.1) is 0 Å². The van der Waals surface area contributed by atoms with E-state index < -0.39 is 0 Å². The molecule has 0 radical (unpaired) electrons. The van der Waals surface area contributed by atoms with Crippen molar-refractivity contribution in [1.82, 2.24) is 9.88 Å². The molecule has 94 valence electrons. The maximum Gasteiger partial charge on any atom is 0.250 e. The number of hydrogen-bond acceptors (Lipinski definition) is 3. The van der Waals surface area contributed by atoms with E-state index in [0.717, 1.165) is 0 Å². The third-order valence-electron chi connectivity index (χ3n) is 2.47. The average Bonchev–Trinajstić information content (AvgIpc) is 2.18. The van der Waals surface area contributed by atoms with Gasteiger partial charge in [-0.25, -0.2) is 0 Å². The predicted molar refractivity (Wildman–Crippen MR) is 66.6 cm³/mol. The van der Waals surface area contributed by atoms with Crippen LogP contribution in [0.25, 0.3) is 0 Å². The lowest BCUT2D eigenvalue weighted by atomic mass is 10.0. The van der Waals surface area contributed by atoms with Crippen molar-refractivity contribution in [2.45, 2.75) is 32.4 Å². The lowest BCUT2D eigenvalue weighted by Crippen LogP contribution is -2.44. The number of pyridine rings is 1. The van der Waals surface area contributed by atoms with Gasteiger partial charge in [-0.05, 0) is 19.9 Å². The van der Waals surface area contributed by atoms with Crippen LogP contribution in [0.2, 0.25) is 0 Å². The standard InChI is InChI=1S/C12H19N3O2/c1-12(2,9-10(13)16)14-6-8-15-7-4-3-5-11(15)17/h3-5,7,14H,6,8-9H2,1-2H3,(H2,13,16). The first-order valence-electron chi connectivity index (χ1n) is 5.59. The molecular formula is C12H19N3O2. The van der Waals surface area contributed by atoms with Gasteiger partial charge in [0.25, 0.3) is 5.56 Å². The van der Waals surface area contributed by atoms with Crippen LogP contribution >= 0.6 is 0 Å². The molecule has 0 atom stereocenters. The van der Waals surface area contributed by atoms with Gasteiger partial charge in [0.15, 0.2) is 0 Å². The van der Waals surface area contributed by atoms with Gasteiger partial charge in [0.1, 0.15) is 0 Å². The molecular weight excluding hydrogens is 218 g/mol. The minimum Gasteiger partial charge on any atom is -0.370 e. The van der Waals surface area contributed by atoms with Crippen molar-refractivity contribution >= 4 is 5.91 Å². The number of carbonyl (C=O) groups is 1. The van der Waals surface area contributed by atoms with Crippen molar-refractivity contribution in [3.63, 3.8) is 0 Å². The minimum absolute atomic E-state index is 0.0259. The number of carbonyl (C=O) groups excluding carboxylic acids is 1. The van der Waals surface area contributed by atoms with E-state index >= 15 is 0 Å². The molecule has 0 fully saturated rings. The number of amides is 1. The number of nitrogens with one attached hydrogen (secondary N) is 1. The van der Waals surface area contributed by atoms with E-state index in [1.54, 1.807) is 16.8 Å². The summed E-state index contributed by atoms with van der Waals surface area (Å²) in [5, 5.41) is 3.21. The van der Waals surface area contributed by atoms with Crippen molar-refractivity contribution in [2.75, 3.05) is 6.54 Å². The number of aromatic nitrogens is 1. The van der Waals surface area contributed by atoms with Gasteiger partial charge in [0.2, 0.25) is 5.91 Å². The zero-order valence-electron chi connectivity index (χ0n) is 10.3. The SMILES string of the molecule is CC(C)(CC(N)=O)NCCn1ccccc1=O. The highest BCUT2D eigenvalue weighted by atomic mass is 16.1. The first-order valence-corrected chi connectivity index (χ1v) is 5.59. The van der Waals surface area contributed by atoms with Gasteiger partial charge in [0, 0.05) is 37.3 Å². The van der Waals surface area contributed by atoms with Crippen molar-refractivity contribution in [3.8, 4) is 0 Å². The normalized spacial score (nSPS) is 11.4. The van der Waals surface area contributed by atoms with Gasteiger partial charge in [0.05, 0.1) is 0 Å². The Morgan fingerprint density at radius 3 is 2.76 bits per heavy atom. The van der Waals surface area contributed by atoms with Crippen LogP contribution in [0.15, 0.2) is 29.2 Å². The zero-order chi connectivity index (χ0) is 12.9. The zero-order valence-corrected chi connectivity index (χ0v) is 10.3. The lowest BCUT2D eigenvalue weighted by molar-refractivity contribution is -0.119. The van der Waals surface area contributed by atoms with Crippen LogP contribution in [0, 0.1) is 0 Å². The topological polar surface area (TPSA) is 77.1 Å². The summed E-state index contributed by atoms with van der Waals surface area (Å²) >= 11 is 0. The van der Waals surface area contributed by atoms with E-state index in [2.05, 4.69) is 5.32 Å².